The molecular weight excluding hydrogens is 232 g/mol. The third-order valence-electron chi connectivity index (χ3n) is 3.64. The molecule has 96 valence electrons. The lowest BCUT2D eigenvalue weighted by Gasteiger charge is -2.29. The lowest BCUT2D eigenvalue weighted by Crippen LogP contribution is -2.35. The van der Waals surface area contributed by atoms with Gasteiger partial charge in [-0.15, -0.1) is 0 Å². The van der Waals surface area contributed by atoms with Gasteiger partial charge in [0.1, 0.15) is 0 Å². The van der Waals surface area contributed by atoms with Gasteiger partial charge >= 0.3 is 0 Å². The van der Waals surface area contributed by atoms with E-state index >= 15 is 0 Å². The third-order valence-corrected chi connectivity index (χ3v) is 5.27. The topological polar surface area (TPSA) is 38.0 Å². The Labute approximate surface area is 108 Å². The van der Waals surface area contributed by atoms with Gasteiger partial charge in [0.2, 0.25) is 0 Å². The Morgan fingerprint density at radius 3 is 3.00 bits per heavy atom. The van der Waals surface area contributed by atoms with E-state index in [2.05, 4.69) is 25.0 Å². The summed E-state index contributed by atoms with van der Waals surface area (Å²) in [7, 11) is 0. The molecule has 1 aromatic rings. The second kappa shape index (κ2) is 5.02. The van der Waals surface area contributed by atoms with E-state index in [4.69, 9.17) is 0 Å². The number of nitrogens with zero attached hydrogens (tertiary/aromatic N) is 2. The highest BCUT2D eigenvalue weighted by Crippen LogP contribution is 2.41. The largest absolute Gasteiger partial charge is 0.391 e. The van der Waals surface area contributed by atoms with Crippen molar-refractivity contribution < 1.29 is 5.11 Å². The molecule has 3 nitrogen and oxygen atoms in total. The summed E-state index contributed by atoms with van der Waals surface area (Å²) in [6, 6.07) is 2.09. The van der Waals surface area contributed by atoms with Gasteiger partial charge in [-0.2, -0.15) is 16.9 Å². The number of hydrogen-bond donors (Lipinski definition) is 1. The molecule has 1 aliphatic rings. The van der Waals surface area contributed by atoms with Crippen LogP contribution in [-0.2, 0) is 13.0 Å². The molecule has 0 aliphatic carbocycles. The molecule has 1 saturated heterocycles. The van der Waals surface area contributed by atoms with Crippen LogP contribution in [0.4, 0.5) is 0 Å². The number of aliphatic hydroxyl groups is 1. The second-order valence-corrected chi connectivity index (χ2v) is 6.71. The number of thioether (sulfide) groups is 1. The monoisotopic (exact) mass is 254 g/mol. The Morgan fingerprint density at radius 2 is 2.41 bits per heavy atom. The van der Waals surface area contributed by atoms with E-state index in [1.165, 1.54) is 12.2 Å². The van der Waals surface area contributed by atoms with Gasteiger partial charge in [0.15, 0.2) is 0 Å². The highest BCUT2D eigenvalue weighted by Gasteiger charge is 2.37. The molecule has 0 bridgehead atoms. The molecule has 0 radical (unpaired) electrons. The Morgan fingerprint density at radius 1 is 1.65 bits per heavy atom. The van der Waals surface area contributed by atoms with Crippen LogP contribution in [0.1, 0.15) is 38.1 Å². The van der Waals surface area contributed by atoms with Crippen molar-refractivity contribution in [1.29, 1.82) is 0 Å². The molecule has 2 atom stereocenters. The first-order valence-corrected chi connectivity index (χ1v) is 7.39. The van der Waals surface area contributed by atoms with Crippen LogP contribution in [0.5, 0.6) is 0 Å². The molecule has 0 amide bonds. The van der Waals surface area contributed by atoms with Crippen molar-refractivity contribution in [3.63, 3.8) is 0 Å². The number of aromatic nitrogens is 2. The Balaban J connectivity index is 2.09. The number of rotatable bonds is 4. The summed E-state index contributed by atoms with van der Waals surface area (Å²) in [5.41, 5.74) is 2.20. The fraction of sp³-hybridized carbons (Fsp3) is 0.769. The van der Waals surface area contributed by atoms with Crippen LogP contribution in [0.25, 0.3) is 0 Å². The van der Waals surface area contributed by atoms with E-state index in [1.807, 2.05) is 23.4 Å². The van der Waals surface area contributed by atoms with Gasteiger partial charge in [0, 0.05) is 23.4 Å². The highest BCUT2D eigenvalue weighted by molar-refractivity contribution is 8.00. The smallest absolute Gasteiger partial charge is 0.0739 e. The van der Waals surface area contributed by atoms with Crippen molar-refractivity contribution >= 4 is 11.8 Å². The fourth-order valence-corrected chi connectivity index (χ4v) is 3.83. The standard InChI is InChI=1S/C13H22N2OS/c1-4-15-11(8-10(2)14-15)9-12(16)13(3)6-5-7-17-13/h8,12,16H,4-7,9H2,1-3H3. The van der Waals surface area contributed by atoms with Crippen LogP contribution < -0.4 is 0 Å². The van der Waals surface area contributed by atoms with Gasteiger partial charge < -0.3 is 5.11 Å². The van der Waals surface area contributed by atoms with Crippen molar-refractivity contribution in [3.05, 3.63) is 17.5 Å². The normalized spacial score (nSPS) is 26.4. The van der Waals surface area contributed by atoms with Gasteiger partial charge in [-0.3, -0.25) is 4.68 Å². The maximum atomic E-state index is 10.4. The highest BCUT2D eigenvalue weighted by atomic mass is 32.2. The Bertz CT molecular complexity index is 383. The van der Waals surface area contributed by atoms with Gasteiger partial charge in [-0.05, 0) is 45.4 Å². The van der Waals surface area contributed by atoms with Crippen molar-refractivity contribution in [3.8, 4) is 0 Å². The van der Waals surface area contributed by atoms with Crippen LogP contribution in [-0.4, -0.2) is 31.5 Å². The maximum Gasteiger partial charge on any atom is 0.0739 e. The molecule has 1 fully saturated rings. The summed E-state index contributed by atoms with van der Waals surface area (Å²) >= 11 is 1.91. The summed E-state index contributed by atoms with van der Waals surface area (Å²) in [6.07, 6.45) is 2.80. The molecule has 1 aliphatic heterocycles. The average molecular weight is 254 g/mol. The van der Waals surface area contributed by atoms with E-state index in [1.54, 1.807) is 0 Å². The minimum atomic E-state index is -0.267. The molecule has 1 aromatic heterocycles. The lowest BCUT2D eigenvalue weighted by atomic mass is 9.95. The van der Waals surface area contributed by atoms with Crippen LogP contribution in [0.15, 0.2) is 6.07 Å². The molecule has 0 spiro atoms. The molecule has 1 N–H and O–H groups in total. The Hall–Kier alpha value is -0.480. The first-order valence-electron chi connectivity index (χ1n) is 6.40. The Kier molecular flexibility index (Phi) is 3.83. The van der Waals surface area contributed by atoms with Crippen molar-refractivity contribution in [2.75, 3.05) is 5.75 Å². The van der Waals surface area contributed by atoms with E-state index in [9.17, 15) is 5.11 Å². The summed E-state index contributed by atoms with van der Waals surface area (Å²) in [4.78, 5) is 0. The quantitative estimate of drug-likeness (QED) is 0.896. The zero-order valence-corrected chi connectivity index (χ0v) is 11.8. The molecule has 4 heteroatoms. The molecule has 2 heterocycles. The fourth-order valence-electron chi connectivity index (χ4n) is 2.51. The first-order chi connectivity index (χ1) is 8.05. The van der Waals surface area contributed by atoms with Gasteiger partial charge in [-0.25, -0.2) is 0 Å². The summed E-state index contributed by atoms with van der Waals surface area (Å²) in [6.45, 7) is 7.16. The molecule has 2 rings (SSSR count). The van der Waals surface area contributed by atoms with Crippen molar-refractivity contribution in [2.45, 2.75) is 57.4 Å². The zero-order valence-electron chi connectivity index (χ0n) is 10.9. The van der Waals surface area contributed by atoms with Gasteiger partial charge in [0.25, 0.3) is 0 Å². The summed E-state index contributed by atoms with van der Waals surface area (Å²) < 4.78 is 2.04. The van der Waals surface area contributed by atoms with Crippen molar-refractivity contribution in [1.82, 2.24) is 9.78 Å². The number of hydrogen-bond acceptors (Lipinski definition) is 3. The molecule has 17 heavy (non-hydrogen) atoms. The summed E-state index contributed by atoms with van der Waals surface area (Å²) in [5.74, 6) is 1.18. The third kappa shape index (κ3) is 2.68. The van der Waals surface area contributed by atoms with E-state index in [-0.39, 0.29) is 10.9 Å². The van der Waals surface area contributed by atoms with E-state index in [0.29, 0.717) is 0 Å². The molecule has 0 saturated carbocycles. The first kappa shape index (κ1) is 13.0. The SMILES string of the molecule is CCn1nc(C)cc1CC(O)C1(C)CCCS1. The molecule has 2 unspecified atom stereocenters. The lowest BCUT2D eigenvalue weighted by molar-refractivity contribution is 0.131. The minimum Gasteiger partial charge on any atom is -0.391 e. The maximum absolute atomic E-state index is 10.4. The molecule has 0 aromatic carbocycles. The minimum absolute atomic E-state index is 0.0384. The second-order valence-electron chi connectivity index (χ2n) is 5.08. The van der Waals surface area contributed by atoms with E-state index < -0.39 is 0 Å². The van der Waals surface area contributed by atoms with Crippen LogP contribution in [0.3, 0.4) is 0 Å². The predicted octanol–water partition coefficient (Wildman–Crippen LogP) is 2.40. The zero-order chi connectivity index (χ0) is 12.5. The number of aryl methyl sites for hydroxylation is 2. The van der Waals surface area contributed by atoms with Crippen LogP contribution in [0.2, 0.25) is 0 Å². The number of aliphatic hydroxyl groups excluding tert-OH is 1. The van der Waals surface area contributed by atoms with Crippen LogP contribution in [0, 0.1) is 6.92 Å². The molecular formula is C13H22N2OS. The van der Waals surface area contributed by atoms with Crippen molar-refractivity contribution in [2.24, 2.45) is 0 Å². The van der Waals surface area contributed by atoms with E-state index in [0.717, 1.165) is 30.8 Å². The van der Waals surface area contributed by atoms with Gasteiger partial charge in [-0.1, -0.05) is 0 Å². The predicted molar refractivity (Wildman–Crippen MR) is 72.4 cm³/mol. The summed E-state index contributed by atoms with van der Waals surface area (Å²) in [5, 5.41) is 14.9. The average Bonchev–Trinajstić information content (AvgIpc) is 2.86. The van der Waals surface area contributed by atoms with Gasteiger partial charge in [0.05, 0.1) is 11.8 Å². The van der Waals surface area contributed by atoms with Crippen LogP contribution >= 0.6 is 11.8 Å².